The van der Waals surface area contributed by atoms with Gasteiger partial charge in [-0.25, -0.2) is 0 Å². The van der Waals surface area contributed by atoms with Gasteiger partial charge in [-0.3, -0.25) is 4.79 Å². The van der Waals surface area contributed by atoms with E-state index < -0.39 is 0 Å². The molecule has 19 heavy (non-hydrogen) atoms. The maximum atomic E-state index is 11.9. The van der Waals surface area contributed by atoms with Gasteiger partial charge < -0.3 is 15.5 Å². The minimum atomic E-state index is 0.0188. The van der Waals surface area contributed by atoms with Crippen molar-refractivity contribution >= 4 is 23.2 Å². The standard InChI is InChI=1S/C14H20ClN3O/c15-12-4-1-2-5-13(12)17-14(19)6-10-18-9-3-7-16-8-11-18/h1-2,4-5,16H,3,6-11H2,(H,17,19). The number of nitrogens with one attached hydrogen (secondary N) is 2. The molecule has 104 valence electrons. The third-order valence-electron chi connectivity index (χ3n) is 3.24. The van der Waals surface area contributed by atoms with E-state index in [-0.39, 0.29) is 5.91 Å². The van der Waals surface area contributed by atoms with E-state index in [0.29, 0.717) is 17.1 Å². The molecule has 4 nitrogen and oxygen atoms in total. The van der Waals surface area contributed by atoms with E-state index in [1.54, 1.807) is 6.07 Å². The Morgan fingerprint density at radius 2 is 2.16 bits per heavy atom. The fourth-order valence-electron chi connectivity index (χ4n) is 2.16. The summed E-state index contributed by atoms with van der Waals surface area (Å²) in [7, 11) is 0. The van der Waals surface area contributed by atoms with E-state index in [4.69, 9.17) is 11.6 Å². The Balaban J connectivity index is 1.76. The van der Waals surface area contributed by atoms with Crippen LogP contribution in [0.15, 0.2) is 24.3 Å². The van der Waals surface area contributed by atoms with Crippen molar-refractivity contribution in [3.8, 4) is 0 Å². The van der Waals surface area contributed by atoms with Gasteiger partial charge in [0.2, 0.25) is 5.91 Å². The van der Waals surface area contributed by atoms with Crippen LogP contribution in [0.25, 0.3) is 0 Å². The number of para-hydroxylation sites is 1. The molecule has 1 heterocycles. The molecular formula is C14H20ClN3O. The number of benzene rings is 1. The van der Waals surface area contributed by atoms with Crippen LogP contribution in [-0.4, -0.2) is 43.5 Å². The summed E-state index contributed by atoms with van der Waals surface area (Å²) in [5, 5.41) is 6.78. The Morgan fingerprint density at radius 1 is 1.32 bits per heavy atom. The van der Waals surface area contributed by atoms with Crippen molar-refractivity contribution in [2.24, 2.45) is 0 Å². The fraction of sp³-hybridized carbons (Fsp3) is 0.500. The van der Waals surface area contributed by atoms with Gasteiger partial charge >= 0.3 is 0 Å². The summed E-state index contributed by atoms with van der Waals surface area (Å²) >= 11 is 6.01. The number of nitrogens with zero attached hydrogens (tertiary/aromatic N) is 1. The first kappa shape index (κ1) is 14.3. The number of hydrogen-bond acceptors (Lipinski definition) is 3. The van der Waals surface area contributed by atoms with Crippen LogP contribution in [0.3, 0.4) is 0 Å². The van der Waals surface area contributed by atoms with E-state index in [1.165, 1.54) is 0 Å². The average Bonchev–Trinajstić information content (AvgIpc) is 2.68. The molecule has 0 aromatic heterocycles. The molecule has 1 aromatic rings. The maximum absolute atomic E-state index is 11.9. The Kier molecular flexibility index (Phi) is 5.63. The molecule has 1 amide bonds. The average molecular weight is 282 g/mol. The monoisotopic (exact) mass is 281 g/mol. The predicted octanol–water partition coefficient (Wildman–Crippen LogP) is 1.96. The van der Waals surface area contributed by atoms with E-state index in [0.717, 1.165) is 39.1 Å². The first-order valence-electron chi connectivity index (χ1n) is 6.73. The molecule has 0 unspecified atom stereocenters. The van der Waals surface area contributed by atoms with Crippen molar-refractivity contribution in [1.82, 2.24) is 10.2 Å². The van der Waals surface area contributed by atoms with Crippen molar-refractivity contribution < 1.29 is 4.79 Å². The Hall–Kier alpha value is -1.10. The molecule has 0 saturated carbocycles. The second-order valence-corrected chi connectivity index (χ2v) is 5.13. The lowest BCUT2D eigenvalue weighted by Crippen LogP contribution is -2.31. The predicted molar refractivity (Wildman–Crippen MR) is 78.6 cm³/mol. The van der Waals surface area contributed by atoms with Crippen LogP contribution in [0.5, 0.6) is 0 Å². The SMILES string of the molecule is O=C(CCN1CCCNCC1)Nc1ccccc1Cl. The van der Waals surface area contributed by atoms with Gasteiger partial charge in [-0.1, -0.05) is 23.7 Å². The van der Waals surface area contributed by atoms with Gasteiger partial charge in [-0.05, 0) is 31.6 Å². The lowest BCUT2D eigenvalue weighted by Gasteiger charge is -2.18. The van der Waals surface area contributed by atoms with Crippen LogP contribution < -0.4 is 10.6 Å². The highest BCUT2D eigenvalue weighted by Gasteiger charge is 2.11. The van der Waals surface area contributed by atoms with Gasteiger partial charge in [0.1, 0.15) is 0 Å². The molecule has 1 aromatic carbocycles. The first-order chi connectivity index (χ1) is 9.25. The van der Waals surface area contributed by atoms with Crippen molar-refractivity contribution in [3.05, 3.63) is 29.3 Å². The third kappa shape index (κ3) is 4.82. The minimum absolute atomic E-state index is 0.0188. The topological polar surface area (TPSA) is 44.4 Å². The third-order valence-corrected chi connectivity index (χ3v) is 3.57. The van der Waals surface area contributed by atoms with Crippen LogP contribution in [0.4, 0.5) is 5.69 Å². The summed E-state index contributed by atoms with van der Waals surface area (Å²) in [6, 6.07) is 7.30. The highest BCUT2D eigenvalue weighted by atomic mass is 35.5. The first-order valence-corrected chi connectivity index (χ1v) is 7.11. The van der Waals surface area contributed by atoms with Gasteiger partial charge in [0.05, 0.1) is 10.7 Å². The Labute approximate surface area is 119 Å². The van der Waals surface area contributed by atoms with Gasteiger partial charge in [0.25, 0.3) is 0 Å². The van der Waals surface area contributed by atoms with Crippen LogP contribution in [0, 0.1) is 0 Å². The number of amides is 1. The van der Waals surface area contributed by atoms with Crippen LogP contribution in [0.1, 0.15) is 12.8 Å². The maximum Gasteiger partial charge on any atom is 0.225 e. The molecule has 0 aliphatic carbocycles. The molecule has 0 spiro atoms. The highest BCUT2D eigenvalue weighted by molar-refractivity contribution is 6.33. The number of anilines is 1. The second-order valence-electron chi connectivity index (χ2n) is 4.72. The fourth-order valence-corrected chi connectivity index (χ4v) is 2.34. The Bertz CT molecular complexity index is 417. The molecule has 1 fully saturated rings. The largest absolute Gasteiger partial charge is 0.325 e. The van der Waals surface area contributed by atoms with E-state index >= 15 is 0 Å². The zero-order valence-corrected chi connectivity index (χ0v) is 11.7. The zero-order valence-electron chi connectivity index (χ0n) is 11.0. The summed E-state index contributed by atoms with van der Waals surface area (Å²) in [6.45, 7) is 4.96. The molecule has 1 aliphatic rings. The Morgan fingerprint density at radius 3 is 3.00 bits per heavy atom. The van der Waals surface area contributed by atoms with E-state index in [1.807, 2.05) is 18.2 Å². The van der Waals surface area contributed by atoms with Crippen molar-refractivity contribution in [3.63, 3.8) is 0 Å². The molecule has 2 rings (SSSR count). The molecule has 0 radical (unpaired) electrons. The lowest BCUT2D eigenvalue weighted by atomic mass is 10.3. The molecular weight excluding hydrogens is 262 g/mol. The lowest BCUT2D eigenvalue weighted by molar-refractivity contribution is -0.116. The minimum Gasteiger partial charge on any atom is -0.325 e. The number of carbonyl (C=O) groups excluding carboxylic acids is 1. The van der Waals surface area contributed by atoms with Gasteiger partial charge in [-0.2, -0.15) is 0 Å². The number of carbonyl (C=O) groups is 1. The van der Waals surface area contributed by atoms with Crippen LogP contribution >= 0.6 is 11.6 Å². The normalized spacial score (nSPS) is 16.9. The zero-order chi connectivity index (χ0) is 13.5. The second kappa shape index (κ2) is 7.48. The van der Waals surface area contributed by atoms with E-state index in [2.05, 4.69) is 15.5 Å². The summed E-state index contributed by atoms with van der Waals surface area (Å²) in [4.78, 5) is 14.2. The molecule has 2 N–H and O–H groups in total. The highest BCUT2D eigenvalue weighted by Crippen LogP contribution is 2.20. The molecule has 1 aliphatic heterocycles. The van der Waals surface area contributed by atoms with Crippen LogP contribution in [-0.2, 0) is 4.79 Å². The summed E-state index contributed by atoms with van der Waals surface area (Å²) in [6.07, 6.45) is 1.65. The van der Waals surface area contributed by atoms with Gasteiger partial charge in [-0.15, -0.1) is 0 Å². The van der Waals surface area contributed by atoms with Crippen molar-refractivity contribution in [2.75, 3.05) is 38.0 Å². The molecule has 0 bridgehead atoms. The summed E-state index contributed by atoms with van der Waals surface area (Å²) < 4.78 is 0. The summed E-state index contributed by atoms with van der Waals surface area (Å²) in [5.74, 6) is 0.0188. The quantitative estimate of drug-likeness (QED) is 0.887. The van der Waals surface area contributed by atoms with Gasteiger partial charge in [0, 0.05) is 26.1 Å². The van der Waals surface area contributed by atoms with Gasteiger partial charge in [0.15, 0.2) is 0 Å². The van der Waals surface area contributed by atoms with Crippen molar-refractivity contribution in [1.29, 1.82) is 0 Å². The summed E-state index contributed by atoms with van der Waals surface area (Å²) in [5.41, 5.74) is 0.687. The smallest absolute Gasteiger partial charge is 0.225 e. The molecule has 0 atom stereocenters. The number of halogens is 1. The number of hydrogen-bond donors (Lipinski definition) is 2. The van der Waals surface area contributed by atoms with Crippen molar-refractivity contribution in [2.45, 2.75) is 12.8 Å². The van der Waals surface area contributed by atoms with Crippen LogP contribution in [0.2, 0.25) is 5.02 Å². The molecule has 1 saturated heterocycles. The van der Waals surface area contributed by atoms with E-state index in [9.17, 15) is 4.79 Å². The number of rotatable bonds is 4. The molecule has 5 heteroatoms.